The molecule has 1 aromatic rings. The molecule has 1 N–H and O–H groups in total. The molecule has 6 heteroatoms. The van der Waals surface area contributed by atoms with Crippen LogP contribution in [0.25, 0.3) is 0 Å². The summed E-state index contributed by atoms with van der Waals surface area (Å²) >= 11 is 0. The smallest absolute Gasteiger partial charge is 0.367 e. The van der Waals surface area contributed by atoms with E-state index in [1.165, 1.54) is 0 Å². The topological polar surface area (TPSA) is 38.3 Å². The van der Waals surface area contributed by atoms with Gasteiger partial charge in [0.1, 0.15) is 6.61 Å². The number of rotatable bonds is 7. The molecule has 0 radical (unpaired) electrons. The minimum atomic E-state index is -4.30. The third-order valence-electron chi connectivity index (χ3n) is 2.64. The van der Waals surface area contributed by atoms with Crippen LogP contribution in [0.15, 0.2) is 24.3 Å². The lowest BCUT2D eigenvalue weighted by molar-refractivity contribution is -0.176. The van der Waals surface area contributed by atoms with Crippen molar-refractivity contribution < 1.29 is 22.7 Å². The highest BCUT2D eigenvalue weighted by molar-refractivity contribution is 5.76. The van der Waals surface area contributed by atoms with Crippen LogP contribution in [-0.2, 0) is 22.7 Å². The number of carbonyl (C=O) groups excluding carboxylic acids is 1. The molecule has 0 bridgehead atoms. The lowest BCUT2D eigenvalue weighted by Crippen LogP contribution is -2.23. The Hall–Kier alpha value is -1.56. The summed E-state index contributed by atoms with van der Waals surface area (Å²) in [7, 11) is 0. The van der Waals surface area contributed by atoms with E-state index < -0.39 is 12.8 Å². The minimum absolute atomic E-state index is 0.0115. The van der Waals surface area contributed by atoms with Gasteiger partial charge in [-0.05, 0) is 17.0 Å². The first-order valence-corrected chi connectivity index (χ1v) is 6.75. The Morgan fingerprint density at radius 3 is 2.29 bits per heavy atom. The van der Waals surface area contributed by atoms with Gasteiger partial charge >= 0.3 is 6.18 Å². The number of hydrogen-bond donors (Lipinski definition) is 1. The number of ether oxygens (including phenoxy) is 1. The van der Waals surface area contributed by atoms with E-state index in [0.29, 0.717) is 24.4 Å². The van der Waals surface area contributed by atoms with Gasteiger partial charge in [-0.2, -0.15) is 13.2 Å². The highest BCUT2D eigenvalue weighted by Crippen LogP contribution is 2.15. The van der Waals surface area contributed by atoms with Gasteiger partial charge in [-0.3, -0.25) is 4.79 Å². The number of carbonyl (C=O) groups is 1. The number of amides is 1. The third kappa shape index (κ3) is 8.34. The van der Waals surface area contributed by atoms with Crippen LogP contribution in [0.5, 0.6) is 0 Å². The van der Waals surface area contributed by atoms with E-state index in [0.717, 1.165) is 5.56 Å². The minimum Gasteiger partial charge on any atom is -0.367 e. The molecule has 0 aliphatic heterocycles. The molecule has 0 saturated carbocycles. The Labute approximate surface area is 122 Å². The van der Waals surface area contributed by atoms with Crippen LogP contribution < -0.4 is 5.32 Å². The number of halogens is 3. The average molecular weight is 303 g/mol. The molecular weight excluding hydrogens is 283 g/mol. The van der Waals surface area contributed by atoms with Crippen LogP contribution in [0.4, 0.5) is 13.2 Å². The summed E-state index contributed by atoms with van der Waals surface area (Å²) in [6, 6.07) is 6.92. The quantitative estimate of drug-likeness (QED) is 0.838. The molecule has 0 heterocycles. The largest absolute Gasteiger partial charge is 0.411 e. The van der Waals surface area contributed by atoms with Crippen molar-refractivity contribution in [2.24, 2.45) is 5.92 Å². The van der Waals surface area contributed by atoms with Crippen molar-refractivity contribution >= 4 is 5.91 Å². The summed E-state index contributed by atoms with van der Waals surface area (Å²) in [6.07, 6.45) is -3.83. The molecule has 118 valence electrons. The van der Waals surface area contributed by atoms with Crippen molar-refractivity contribution in [2.45, 2.75) is 39.6 Å². The average Bonchev–Trinajstić information content (AvgIpc) is 2.35. The summed E-state index contributed by atoms with van der Waals surface area (Å²) in [5, 5.41) is 2.79. The van der Waals surface area contributed by atoms with E-state index in [-0.39, 0.29) is 12.5 Å². The summed E-state index contributed by atoms with van der Waals surface area (Å²) in [5.74, 6) is 0.292. The Morgan fingerprint density at radius 2 is 1.76 bits per heavy atom. The summed E-state index contributed by atoms with van der Waals surface area (Å²) in [4.78, 5) is 11.5. The zero-order chi connectivity index (χ0) is 15.9. The Kier molecular flexibility index (Phi) is 6.68. The second kappa shape index (κ2) is 8.02. The van der Waals surface area contributed by atoms with Crippen molar-refractivity contribution in [3.05, 3.63) is 35.4 Å². The fraction of sp³-hybridized carbons (Fsp3) is 0.533. The molecule has 21 heavy (non-hydrogen) atoms. The molecular formula is C15H20F3NO2. The summed E-state index contributed by atoms with van der Waals surface area (Å²) < 4.78 is 40.3. The molecule has 1 amide bonds. The molecule has 0 unspecified atom stereocenters. The molecule has 0 aliphatic carbocycles. The zero-order valence-corrected chi connectivity index (χ0v) is 12.2. The number of hydrogen-bond acceptors (Lipinski definition) is 2. The molecule has 3 nitrogen and oxygen atoms in total. The van der Waals surface area contributed by atoms with Crippen molar-refractivity contribution in [2.75, 3.05) is 6.61 Å². The number of nitrogens with one attached hydrogen (secondary N) is 1. The van der Waals surface area contributed by atoms with Crippen LogP contribution in [0.3, 0.4) is 0 Å². The predicted molar refractivity (Wildman–Crippen MR) is 73.5 cm³/mol. The molecule has 0 fully saturated rings. The van der Waals surface area contributed by atoms with E-state index in [2.05, 4.69) is 10.1 Å². The molecule has 0 aromatic heterocycles. The van der Waals surface area contributed by atoms with Gasteiger partial charge in [0.25, 0.3) is 0 Å². The fourth-order valence-corrected chi connectivity index (χ4v) is 1.68. The van der Waals surface area contributed by atoms with E-state index in [9.17, 15) is 18.0 Å². The Bertz CT molecular complexity index is 441. The molecule has 0 saturated heterocycles. The maximum absolute atomic E-state index is 11.9. The van der Waals surface area contributed by atoms with Gasteiger partial charge in [0, 0.05) is 13.0 Å². The molecule has 0 spiro atoms. The first kappa shape index (κ1) is 17.5. The number of benzene rings is 1. The van der Waals surface area contributed by atoms with Gasteiger partial charge in [-0.25, -0.2) is 0 Å². The van der Waals surface area contributed by atoms with E-state index >= 15 is 0 Å². The maximum atomic E-state index is 11.9. The normalized spacial score (nSPS) is 11.7. The highest BCUT2D eigenvalue weighted by Gasteiger charge is 2.27. The van der Waals surface area contributed by atoms with Crippen molar-refractivity contribution in [1.29, 1.82) is 0 Å². The molecule has 1 rings (SSSR count). The molecule has 0 atom stereocenters. The Balaban J connectivity index is 2.35. The predicted octanol–water partition coefficient (Wildman–Crippen LogP) is 3.43. The van der Waals surface area contributed by atoms with Crippen LogP contribution in [0.1, 0.15) is 31.4 Å². The van der Waals surface area contributed by atoms with Gasteiger partial charge in [0.2, 0.25) is 5.91 Å². The van der Waals surface area contributed by atoms with Crippen LogP contribution >= 0.6 is 0 Å². The van der Waals surface area contributed by atoms with Crippen molar-refractivity contribution in [3.63, 3.8) is 0 Å². The standard InChI is InChI=1S/C15H20F3NO2/c1-11(2)7-14(20)19-8-12-3-5-13(6-4-12)9-21-10-15(16,17)18/h3-6,11H,7-10H2,1-2H3,(H,19,20). The number of alkyl halides is 3. The fourth-order valence-electron chi connectivity index (χ4n) is 1.68. The summed E-state index contributed by atoms with van der Waals surface area (Å²) in [5.41, 5.74) is 1.56. The van der Waals surface area contributed by atoms with Crippen molar-refractivity contribution in [3.8, 4) is 0 Å². The second-order valence-corrected chi connectivity index (χ2v) is 5.30. The first-order valence-electron chi connectivity index (χ1n) is 6.75. The van der Waals surface area contributed by atoms with E-state index in [1.807, 2.05) is 13.8 Å². The van der Waals surface area contributed by atoms with Crippen molar-refractivity contribution in [1.82, 2.24) is 5.32 Å². The molecule has 0 aliphatic rings. The lowest BCUT2D eigenvalue weighted by atomic mass is 10.1. The first-order chi connectivity index (χ1) is 9.76. The maximum Gasteiger partial charge on any atom is 0.411 e. The third-order valence-corrected chi connectivity index (χ3v) is 2.64. The van der Waals surface area contributed by atoms with Gasteiger partial charge in [-0.1, -0.05) is 38.1 Å². The summed E-state index contributed by atoms with van der Waals surface area (Å²) in [6.45, 7) is 3.01. The van der Waals surface area contributed by atoms with Crippen LogP contribution in [-0.4, -0.2) is 18.7 Å². The SMILES string of the molecule is CC(C)CC(=O)NCc1ccc(COCC(F)(F)F)cc1. The lowest BCUT2D eigenvalue weighted by Gasteiger charge is -2.09. The zero-order valence-electron chi connectivity index (χ0n) is 12.2. The van der Waals surface area contributed by atoms with Gasteiger partial charge in [0.15, 0.2) is 0 Å². The van der Waals surface area contributed by atoms with Gasteiger partial charge in [-0.15, -0.1) is 0 Å². The van der Waals surface area contributed by atoms with E-state index in [1.54, 1.807) is 24.3 Å². The monoisotopic (exact) mass is 303 g/mol. The van der Waals surface area contributed by atoms with E-state index in [4.69, 9.17) is 0 Å². The second-order valence-electron chi connectivity index (χ2n) is 5.30. The Morgan fingerprint density at radius 1 is 1.19 bits per heavy atom. The van der Waals surface area contributed by atoms with Crippen LogP contribution in [0, 0.1) is 5.92 Å². The van der Waals surface area contributed by atoms with Gasteiger partial charge < -0.3 is 10.1 Å². The molecule has 1 aromatic carbocycles. The highest BCUT2D eigenvalue weighted by atomic mass is 19.4. The van der Waals surface area contributed by atoms with Gasteiger partial charge in [0.05, 0.1) is 6.61 Å². The van der Waals surface area contributed by atoms with Crippen LogP contribution in [0.2, 0.25) is 0 Å².